The van der Waals surface area contributed by atoms with Crippen LogP contribution in [-0.4, -0.2) is 50.0 Å². The van der Waals surface area contributed by atoms with Crippen LogP contribution in [0.15, 0.2) is 17.0 Å². The topological polar surface area (TPSA) is 125 Å². The van der Waals surface area contributed by atoms with E-state index in [0.717, 1.165) is 6.07 Å². The predicted molar refractivity (Wildman–Crippen MR) is 89.2 cm³/mol. The van der Waals surface area contributed by atoms with Crippen LogP contribution in [0.3, 0.4) is 0 Å². The minimum atomic E-state index is -4.01. The average Bonchev–Trinajstić information content (AvgIpc) is 2.60. The van der Waals surface area contributed by atoms with Gasteiger partial charge in [-0.3, -0.25) is 10.1 Å². The fourth-order valence-corrected chi connectivity index (χ4v) is 4.81. The molecule has 25 heavy (non-hydrogen) atoms. The summed E-state index contributed by atoms with van der Waals surface area (Å²) in [6, 6.07) is 2.31. The van der Waals surface area contributed by atoms with Crippen LogP contribution in [0.2, 0.25) is 0 Å². The third-order valence-corrected chi connectivity index (χ3v) is 6.61. The molecule has 2 aliphatic rings. The number of fused-ring (bicyclic) bond motifs is 1. The number of sulfonamides is 1. The van der Waals surface area contributed by atoms with Crippen molar-refractivity contribution in [2.75, 3.05) is 26.3 Å². The van der Waals surface area contributed by atoms with Crippen molar-refractivity contribution in [3.05, 3.63) is 22.2 Å². The highest BCUT2D eigenvalue weighted by Gasteiger charge is 2.36. The summed E-state index contributed by atoms with van der Waals surface area (Å²) in [4.78, 5) is 10.3. The van der Waals surface area contributed by atoms with Gasteiger partial charge in [0.15, 0.2) is 16.4 Å². The molecule has 1 unspecified atom stereocenters. The van der Waals surface area contributed by atoms with Gasteiger partial charge in [-0.2, -0.15) is 4.31 Å². The molecular weight excluding hydrogens is 350 g/mol. The lowest BCUT2D eigenvalue weighted by molar-refractivity contribution is -0.388. The summed E-state index contributed by atoms with van der Waals surface area (Å²) in [5.74, 6) is 0.648. The Morgan fingerprint density at radius 3 is 2.32 bits per heavy atom. The van der Waals surface area contributed by atoms with Gasteiger partial charge in [0, 0.05) is 25.2 Å². The second kappa shape index (κ2) is 6.77. The summed E-state index contributed by atoms with van der Waals surface area (Å²) in [7, 11) is -4.01. The smallest absolute Gasteiger partial charge is 0.293 e. The van der Waals surface area contributed by atoms with Gasteiger partial charge in [0.1, 0.15) is 13.2 Å². The summed E-state index contributed by atoms with van der Waals surface area (Å²) >= 11 is 0. The molecule has 138 valence electrons. The summed E-state index contributed by atoms with van der Waals surface area (Å²) in [5.41, 5.74) is 5.38. The maximum Gasteiger partial charge on any atom is 0.293 e. The first-order chi connectivity index (χ1) is 11.8. The molecule has 9 nitrogen and oxygen atoms in total. The maximum atomic E-state index is 13.0. The molecule has 1 aromatic carbocycles. The van der Waals surface area contributed by atoms with Crippen molar-refractivity contribution >= 4 is 15.7 Å². The summed E-state index contributed by atoms with van der Waals surface area (Å²) < 4.78 is 37.9. The van der Waals surface area contributed by atoms with Crippen molar-refractivity contribution in [2.45, 2.75) is 30.7 Å². The van der Waals surface area contributed by atoms with Crippen molar-refractivity contribution in [1.82, 2.24) is 4.31 Å². The Morgan fingerprint density at radius 1 is 1.24 bits per heavy atom. The fraction of sp³-hybridized carbons (Fsp3) is 0.600. The quantitative estimate of drug-likeness (QED) is 0.621. The third-order valence-electron chi connectivity index (χ3n) is 4.68. The van der Waals surface area contributed by atoms with E-state index in [1.807, 2.05) is 6.92 Å². The van der Waals surface area contributed by atoms with Gasteiger partial charge >= 0.3 is 0 Å². The molecule has 0 saturated carbocycles. The number of hydrogen-bond acceptors (Lipinski definition) is 7. The van der Waals surface area contributed by atoms with Crippen LogP contribution in [0.5, 0.6) is 11.5 Å². The van der Waals surface area contributed by atoms with Crippen LogP contribution < -0.4 is 15.2 Å². The summed E-state index contributed by atoms with van der Waals surface area (Å²) in [6.07, 6.45) is 1.27. The molecule has 0 aromatic heterocycles. The molecule has 1 saturated heterocycles. The predicted octanol–water partition coefficient (Wildman–Crippen LogP) is 1.11. The van der Waals surface area contributed by atoms with Crippen molar-refractivity contribution in [1.29, 1.82) is 0 Å². The van der Waals surface area contributed by atoms with Gasteiger partial charge in [0.2, 0.25) is 10.0 Å². The number of benzene rings is 1. The van der Waals surface area contributed by atoms with Gasteiger partial charge in [-0.05, 0) is 25.7 Å². The van der Waals surface area contributed by atoms with E-state index in [-0.39, 0.29) is 41.6 Å². The number of rotatable bonds is 4. The molecule has 0 radical (unpaired) electrons. The molecule has 1 fully saturated rings. The molecule has 2 N–H and O–H groups in total. The zero-order valence-electron chi connectivity index (χ0n) is 13.9. The lowest BCUT2D eigenvalue weighted by atomic mass is 9.92. The van der Waals surface area contributed by atoms with Crippen molar-refractivity contribution in [3.8, 4) is 11.5 Å². The summed E-state index contributed by atoms with van der Waals surface area (Å²) in [5, 5.41) is 11.4. The Kier molecular flexibility index (Phi) is 4.85. The van der Waals surface area contributed by atoms with Gasteiger partial charge in [0.25, 0.3) is 5.69 Å². The number of ether oxygens (including phenoxy) is 2. The van der Waals surface area contributed by atoms with Crippen LogP contribution in [0.25, 0.3) is 0 Å². The number of hydrogen-bond donors (Lipinski definition) is 1. The van der Waals surface area contributed by atoms with E-state index in [2.05, 4.69) is 0 Å². The molecular formula is C15H21N3O6S. The number of nitrogens with zero attached hydrogens (tertiary/aromatic N) is 2. The Balaban J connectivity index is 1.95. The lowest BCUT2D eigenvalue weighted by Crippen LogP contribution is -2.42. The third kappa shape index (κ3) is 3.42. The van der Waals surface area contributed by atoms with Crippen LogP contribution in [-0.2, 0) is 10.0 Å². The molecule has 10 heteroatoms. The molecule has 0 aliphatic carbocycles. The Morgan fingerprint density at radius 2 is 1.80 bits per heavy atom. The first kappa shape index (κ1) is 17.9. The normalized spacial score (nSPS) is 20.2. The average molecular weight is 371 g/mol. The fourth-order valence-electron chi connectivity index (χ4n) is 3.19. The number of nitro benzene ring substituents is 1. The van der Waals surface area contributed by atoms with E-state index >= 15 is 0 Å². The zero-order valence-corrected chi connectivity index (χ0v) is 14.7. The molecule has 3 rings (SSSR count). The maximum absolute atomic E-state index is 13.0. The molecule has 1 aromatic rings. The first-order valence-corrected chi connectivity index (χ1v) is 9.58. The van der Waals surface area contributed by atoms with E-state index in [1.54, 1.807) is 0 Å². The largest absolute Gasteiger partial charge is 0.486 e. The molecule has 0 amide bonds. The van der Waals surface area contributed by atoms with E-state index in [0.29, 0.717) is 25.9 Å². The molecule has 0 bridgehead atoms. The molecule has 0 spiro atoms. The highest BCUT2D eigenvalue weighted by molar-refractivity contribution is 7.89. The number of nitrogens with two attached hydrogens (primary N) is 1. The van der Waals surface area contributed by atoms with Crippen molar-refractivity contribution in [2.24, 2.45) is 11.7 Å². The molecule has 1 atom stereocenters. The van der Waals surface area contributed by atoms with E-state index in [1.165, 1.54) is 10.4 Å². The zero-order chi connectivity index (χ0) is 18.2. The van der Waals surface area contributed by atoms with Gasteiger partial charge in [-0.15, -0.1) is 0 Å². The van der Waals surface area contributed by atoms with Crippen LogP contribution >= 0.6 is 0 Å². The minimum absolute atomic E-state index is 0.00603. The van der Waals surface area contributed by atoms with E-state index in [9.17, 15) is 18.5 Å². The molecule has 2 heterocycles. The van der Waals surface area contributed by atoms with E-state index in [4.69, 9.17) is 15.2 Å². The van der Waals surface area contributed by atoms with Gasteiger partial charge < -0.3 is 15.2 Å². The summed E-state index contributed by atoms with van der Waals surface area (Å²) in [6.45, 7) is 3.02. The highest BCUT2D eigenvalue weighted by Crippen LogP contribution is 2.40. The van der Waals surface area contributed by atoms with Crippen LogP contribution in [0.4, 0.5) is 5.69 Å². The Hall–Kier alpha value is -1.91. The van der Waals surface area contributed by atoms with Crippen molar-refractivity contribution < 1.29 is 22.8 Å². The van der Waals surface area contributed by atoms with Crippen molar-refractivity contribution in [3.63, 3.8) is 0 Å². The Labute approximate surface area is 145 Å². The second-order valence-corrected chi connectivity index (χ2v) is 8.23. The van der Waals surface area contributed by atoms with Gasteiger partial charge in [-0.1, -0.05) is 0 Å². The monoisotopic (exact) mass is 371 g/mol. The Bertz CT molecular complexity index is 772. The number of nitro groups is 1. The minimum Gasteiger partial charge on any atom is -0.486 e. The SMILES string of the molecule is CC(N)C1CCN(S(=O)(=O)c2cc3c(cc2[N+](=O)[O-])OCCO3)CC1. The molecule has 2 aliphatic heterocycles. The van der Waals surface area contributed by atoms with Gasteiger partial charge in [0.05, 0.1) is 11.0 Å². The van der Waals surface area contributed by atoms with Gasteiger partial charge in [-0.25, -0.2) is 8.42 Å². The second-order valence-electron chi connectivity index (χ2n) is 6.32. The van der Waals surface area contributed by atoms with Crippen LogP contribution in [0.1, 0.15) is 19.8 Å². The van der Waals surface area contributed by atoms with E-state index < -0.39 is 20.6 Å². The lowest BCUT2D eigenvalue weighted by Gasteiger charge is -2.33. The first-order valence-electron chi connectivity index (χ1n) is 8.14. The van der Waals surface area contributed by atoms with Crippen LogP contribution in [0, 0.1) is 16.0 Å². The number of piperidine rings is 1. The standard InChI is InChI=1S/C15H21N3O6S/c1-10(16)11-2-4-17(5-3-11)25(21,22)15-9-14-13(23-6-7-24-14)8-12(15)18(19)20/h8-11H,2-7,16H2,1H3. The highest BCUT2D eigenvalue weighted by atomic mass is 32.2.